The lowest BCUT2D eigenvalue weighted by Gasteiger charge is -2.38. The lowest BCUT2D eigenvalue weighted by atomic mass is 9.99. The Morgan fingerprint density at radius 2 is 1.90 bits per heavy atom. The number of aliphatic hydroxyl groups excluding tert-OH is 3. The maximum Gasteiger partial charge on any atom is 0.404 e. The van der Waals surface area contributed by atoms with Gasteiger partial charge in [-0.1, -0.05) is 12.0 Å². The zero-order valence-electron chi connectivity index (χ0n) is 15.4. The van der Waals surface area contributed by atoms with Crippen LogP contribution in [0.2, 0.25) is 0 Å². The molecule has 0 spiro atoms. The lowest BCUT2D eigenvalue weighted by molar-refractivity contribution is -0.271. The van der Waals surface area contributed by atoms with Crippen LogP contribution in [0.25, 0.3) is 0 Å². The third-order valence-electron chi connectivity index (χ3n) is 4.08. The van der Waals surface area contributed by atoms with Gasteiger partial charge in [0.05, 0.1) is 12.1 Å². The Balaban J connectivity index is 2.32. The summed E-state index contributed by atoms with van der Waals surface area (Å²) < 4.78 is 15.1. The quantitative estimate of drug-likeness (QED) is 0.264. The molecule has 5 atom stereocenters. The van der Waals surface area contributed by atoms with E-state index in [-0.39, 0.29) is 24.5 Å². The molecule has 1 fully saturated rings. The number of hydrogen-bond acceptors (Lipinski definition) is 9. The number of carbonyl (C=O) groups excluding carboxylic acids is 2. The molecule has 1 aromatic carbocycles. The van der Waals surface area contributed by atoms with E-state index < -0.39 is 48.7 Å². The highest BCUT2D eigenvalue weighted by Crippen LogP contribution is 2.28. The molecule has 2 rings (SSSR count). The van der Waals surface area contributed by atoms with E-state index in [0.717, 1.165) is 0 Å². The van der Waals surface area contributed by atoms with Crippen molar-refractivity contribution in [1.82, 2.24) is 5.32 Å². The van der Waals surface area contributed by atoms with Crippen LogP contribution in [-0.2, 0) is 20.9 Å². The second-order valence-corrected chi connectivity index (χ2v) is 6.18. The van der Waals surface area contributed by atoms with Crippen LogP contribution < -0.4 is 15.8 Å². The van der Waals surface area contributed by atoms with Gasteiger partial charge in [0, 0.05) is 0 Å². The van der Waals surface area contributed by atoms with E-state index in [0.29, 0.717) is 5.56 Å². The summed E-state index contributed by atoms with van der Waals surface area (Å²) in [5.41, 5.74) is 5.16. The molecule has 2 amide bonds. The third-order valence-corrected chi connectivity index (χ3v) is 4.08. The van der Waals surface area contributed by atoms with E-state index in [9.17, 15) is 29.7 Å². The number of aliphatic hydroxyl groups is 3. The SMILES string of the molecule is C#CCNC(=O)c1cc(COC(N)=O)ccc1O[C@@H]1O[C@H](C(=O)O)[C@@H](O)[C@H](O)[C@H]1O. The molecule has 1 aliphatic rings. The largest absolute Gasteiger partial charge is 0.479 e. The molecule has 0 aromatic heterocycles. The number of hydrogen-bond donors (Lipinski definition) is 6. The Labute approximate surface area is 170 Å². The van der Waals surface area contributed by atoms with Crippen LogP contribution in [0.4, 0.5) is 4.79 Å². The van der Waals surface area contributed by atoms with Crippen LogP contribution in [0.3, 0.4) is 0 Å². The first-order valence-corrected chi connectivity index (χ1v) is 8.51. The Kier molecular flexibility index (Phi) is 7.56. The fraction of sp³-hybridized carbons (Fsp3) is 0.389. The van der Waals surface area contributed by atoms with Gasteiger partial charge in [-0.25, -0.2) is 9.59 Å². The molecule has 12 heteroatoms. The number of rotatable bonds is 7. The molecule has 7 N–H and O–H groups in total. The topological polar surface area (TPSA) is 198 Å². The number of terminal acetylenes is 1. The monoisotopic (exact) mass is 424 g/mol. The average Bonchev–Trinajstić information content (AvgIpc) is 2.71. The molecule has 1 aromatic rings. The van der Waals surface area contributed by atoms with Gasteiger partial charge in [-0.15, -0.1) is 6.42 Å². The predicted molar refractivity (Wildman–Crippen MR) is 96.9 cm³/mol. The Morgan fingerprint density at radius 3 is 2.50 bits per heavy atom. The van der Waals surface area contributed by atoms with Crippen molar-refractivity contribution in [2.24, 2.45) is 5.73 Å². The number of carboxylic acid groups (broad SMARTS) is 1. The molecule has 12 nitrogen and oxygen atoms in total. The fourth-order valence-corrected chi connectivity index (χ4v) is 2.60. The Hall–Kier alpha value is -3.37. The number of carbonyl (C=O) groups is 3. The van der Waals surface area contributed by atoms with Crippen molar-refractivity contribution < 1.29 is 49.0 Å². The molecule has 1 saturated heterocycles. The molecule has 0 radical (unpaired) electrons. The molecule has 1 aliphatic heterocycles. The highest BCUT2D eigenvalue weighted by Gasteiger charge is 2.48. The molecule has 0 aliphatic carbocycles. The molecule has 0 bridgehead atoms. The second kappa shape index (κ2) is 9.90. The number of nitrogens with one attached hydrogen (secondary N) is 1. The zero-order chi connectivity index (χ0) is 22.4. The minimum atomic E-state index is -1.90. The van der Waals surface area contributed by atoms with E-state index in [1.54, 1.807) is 0 Å². The number of benzene rings is 1. The second-order valence-electron chi connectivity index (χ2n) is 6.18. The van der Waals surface area contributed by atoms with Crippen molar-refractivity contribution in [2.75, 3.05) is 6.54 Å². The minimum absolute atomic E-state index is 0.112. The number of primary amides is 1. The van der Waals surface area contributed by atoms with Crippen molar-refractivity contribution >= 4 is 18.0 Å². The molecule has 30 heavy (non-hydrogen) atoms. The maximum absolute atomic E-state index is 12.4. The Bertz CT molecular complexity index is 852. The van der Waals surface area contributed by atoms with Crippen molar-refractivity contribution in [3.05, 3.63) is 29.3 Å². The molecule has 162 valence electrons. The van der Waals surface area contributed by atoms with Crippen LogP contribution in [0.15, 0.2) is 18.2 Å². The highest BCUT2D eigenvalue weighted by atomic mass is 16.7. The van der Waals surface area contributed by atoms with Gasteiger partial charge in [-0.05, 0) is 17.7 Å². The van der Waals surface area contributed by atoms with E-state index in [1.807, 2.05) is 0 Å². The summed E-state index contributed by atoms with van der Waals surface area (Å²) >= 11 is 0. The summed E-state index contributed by atoms with van der Waals surface area (Å²) in [6, 6.07) is 3.97. The number of amides is 2. The van der Waals surface area contributed by atoms with Crippen LogP contribution in [0.1, 0.15) is 15.9 Å². The van der Waals surface area contributed by atoms with Gasteiger partial charge < -0.3 is 45.7 Å². The Morgan fingerprint density at radius 1 is 1.20 bits per heavy atom. The van der Waals surface area contributed by atoms with Crippen LogP contribution in [0, 0.1) is 12.3 Å². The van der Waals surface area contributed by atoms with Gasteiger partial charge in [0.15, 0.2) is 6.10 Å². The van der Waals surface area contributed by atoms with Gasteiger partial charge >= 0.3 is 12.1 Å². The standard InChI is InChI=1S/C18H20N2O10/c1-2-5-20-15(24)9-6-8(7-28-18(19)27)3-4-10(9)29-17-13(23)11(21)12(22)14(30-17)16(25)26/h1,3-4,6,11-14,17,21-23H,5,7H2,(H2,19,27)(H,20,24)(H,25,26)/t11-,12-,13+,14-,17+/m0/s1. The normalized spacial score (nSPS) is 25.6. The summed E-state index contributed by atoms with van der Waals surface area (Å²) in [6.45, 7) is -0.367. The zero-order valence-corrected chi connectivity index (χ0v) is 15.4. The average molecular weight is 424 g/mol. The van der Waals surface area contributed by atoms with Crippen molar-refractivity contribution in [3.63, 3.8) is 0 Å². The summed E-state index contributed by atoms with van der Waals surface area (Å²) in [5.74, 6) is -0.232. The van der Waals surface area contributed by atoms with Crippen molar-refractivity contribution in [3.8, 4) is 18.1 Å². The van der Waals surface area contributed by atoms with Crippen LogP contribution >= 0.6 is 0 Å². The molecule has 0 unspecified atom stereocenters. The van der Waals surface area contributed by atoms with Gasteiger partial charge in [0.2, 0.25) is 6.29 Å². The first-order chi connectivity index (χ1) is 14.1. The minimum Gasteiger partial charge on any atom is -0.479 e. The van der Waals surface area contributed by atoms with Crippen LogP contribution in [0.5, 0.6) is 5.75 Å². The van der Waals surface area contributed by atoms with Gasteiger partial charge in [-0.2, -0.15) is 0 Å². The van der Waals surface area contributed by atoms with Gasteiger partial charge in [-0.3, -0.25) is 4.79 Å². The van der Waals surface area contributed by atoms with Gasteiger partial charge in [0.25, 0.3) is 5.91 Å². The number of aliphatic carboxylic acids is 1. The van der Waals surface area contributed by atoms with Gasteiger partial charge in [0.1, 0.15) is 30.7 Å². The van der Waals surface area contributed by atoms with E-state index in [1.165, 1.54) is 18.2 Å². The highest BCUT2D eigenvalue weighted by molar-refractivity contribution is 5.97. The third kappa shape index (κ3) is 5.37. The summed E-state index contributed by atoms with van der Waals surface area (Å²) in [5, 5.41) is 41.2. The van der Waals surface area contributed by atoms with E-state index in [4.69, 9.17) is 26.7 Å². The predicted octanol–water partition coefficient (Wildman–Crippen LogP) is -2.08. The number of nitrogens with two attached hydrogens (primary N) is 1. The maximum atomic E-state index is 12.4. The fourth-order valence-electron chi connectivity index (χ4n) is 2.60. The molecular weight excluding hydrogens is 404 g/mol. The van der Waals surface area contributed by atoms with Crippen LogP contribution in [-0.4, -0.2) is 75.6 Å². The number of carboxylic acids is 1. The molecule has 1 heterocycles. The van der Waals surface area contributed by atoms with Crippen molar-refractivity contribution in [2.45, 2.75) is 37.3 Å². The molecule has 0 saturated carbocycles. The van der Waals surface area contributed by atoms with E-state index in [2.05, 4.69) is 16.0 Å². The number of ether oxygens (including phenoxy) is 3. The summed E-state index contributed by atoms with van der Waals surface area (Å²) in [7, 11) is 0. The molecular formula is C18H20N2O10. The van der Waals surface area contributed by atoms with E-state index >= 15 is 0 Å². The summed E-state index contributed by atoms with van der Waals surface area (Å²) in [4.78, 5) is 34.4. The summed E-state index contributed by atoms with van der Waals surface area (Å²) in [6.07, 6.45) is -5.12. The first-order valence-electron chi connectivity index (χ1n) is 8.51. The lowest BCUT2D eigenvalue weighted by Crippen LogP contribution is -2.61. The smallest absolute Gasteiger partial charge is 0.404 e. The van der Waals surface area contributed by atoms with Crippen molar-refractivity contribution in [1.29, 1.82) is 0 Å². The first kappa shape index (κ1) is 22.9.